The van der Waals surface area contributed by atoms with Crippen LogP contribution in [0, 0.1) is 22.0 Å². The fourth-order valence-electron chi connectivity index (χ4n) is 4.63. The molecule has 0 amide bonds. The number of hydrogen-bond donors (Lipinski definition) is 1. The number of quaternary nitrogens is 1. The van der Waals surface area contributed by atoms with Crippen molar-refractivity contribution in [2.45, 2.75) is 49.7 Å². The predicted octanol–water partition coefficient (Wildman–Crippen LogP) is 0.528. The van der Waals surface area contributed by atoms with E-state index in [4.69, 9.17) is 4.84 Å². The van der Waals surface area contributed by atoms with Gasteiger partial charge in [0, 0.05) is 19.3 Å². The first-order chi connectivity index (χ1) is 6.99. The van der Waals surface area contributed by atoms with Crippen LogP contribution in [0.15, 0.2) is 0 Å². The van der Waals surface area contributed by atoms with Crippen LogP contribution in [0.2, 0.25) is 0 Å². The topological polar surface area (TPSA) is 80.0 Å². The fourth-order valence-corrected chi connectivity index (χ4v) is 4.63. The van der Waals surface area contributed by atoms with Crippen molar-refractivity contribution in [3.63, 3.8) is 0 Å². The quantitative estimate of drug-likeness (QED) is 0.536. The van der Waals surface area contributed by atoms with E-state index in [2.05, 4.69) is 5.73 Å². The van der Waals surface area contributed by atoms with E-state index in [1.54, 1.807) is 0 Å². The van der Waals surface area contributed by atoms with Gasteiger partial charge in [-0.2, -0.15) is 0 Å². The van der Waals surface area contributed by atoms with E-state index in [9.17, 15) is 10.1 Å². The van der Waals surface area contributed by atoms with Gasteiger partial charge in [0.15, 0.2) is 0 Å². The van der Waals surface area contributed by atoms with E-state index >= 15 is 0 Å². The maximum atomic E-state index is 10.6. The van der Waals surface area contributed by atoms with Crippen LogP contribution in [0.5, 0.6) is 0 Å². The molecule has 84 valence electrons. The van der Waals surface area contributed by atoms with Crippen LogP contribution >= 0.6 is 0 Å². The van der Waals surface area contributed by atoms with Crippen LogP contribution in [0.1, 0.15) is 38.5 Å². The molecule has 5 heteroatoms. The Balaban J connectivity index is 1.89. The monoisotopic (exact) mass is 213 g/mol. The van der Waals surface area contributed by atoms with Gasteiger partial charge in [-0.15, -0.1) is 10.1 Å². The van der Waals surface area contributed by atoms with Gasteiger partial charge in [0.25, 0.3) is 5.09 Å². The second kappa shape index (κ2) is 2.64. The summed E-state index contributed by atoms with van der Waals surface area (Å²) in [5.41, 5.74) is 3.87. The average Bonchev–Trinajstić information content (AvgIpc) is 1.94. The van der Waals surface area contributed by atoms with Crippen molar-refractivity contribution in [3.8, 4) is 0 Å². The summed E-state index contributed by atoms with van der Waals surface area (Å²) in [4.78, 5) is 15.5. The Labute approximate surface area is 88.1 Å². The van der Waals surface area contributed by atoms with Crippen LogP contribution < -0.4 is 5.73 Å². The van der Waals surface area contributed by atoms with E-state index in [-0.39, 0.29) is 5.54 Å². The molecule has 0 aromatic heterocycles. The summed E-state index contributed by atoms with van der Waals surface area (Å²) >= 11 is 0. The first kappa shape index (κ1) is 9.39. The zero-order valence-corrected chi connectivity index (χ0v) is 8.78. The van der Waals surface area contributed by atoms with Gasteiger partial charge in [0.05, 0.1) is 5.54 Å². The molecule has 4 aliphatic carbocycles. The number of hydrogen-bond acceptors (Lipinski definition) is 3. The molecule has 0 aromatic rings. The molecule has 2 atom stereocenters. The average molecular weight is 213 g/mol. The van der Waals surface area contributed by atoms with Crippen molar-refractivity contribution in [2.24, 2.45) is 11.8 Å². The Hall–Kier alpha value is -0.840. The van der Waals surface area contributed by atoms with Crippen molar-refractivity contribution in [3.05, 3.63) is 10.1 Å². The Morgan fingerprint density at radius 2 is 1.87 bits per heavy atom. The molecule has 4 fully saturated rings. The smallest absolute Gasteiger partial charge is 0.295 e. The first-order valence-electron chi connectivity index (χ1n) is 5.68. The molecule has 0 heterocycles. The molecular formula is C10H17N2O3+. The minimum atomic E-state index is -0.601. The third kappa shape index (κ3) is 1.40. The highest BCUT2D eigenvalue weighted by molar-refractivity contribution is 5.08. The lowest BCUT2D eigenvalue weighted by molar-refractivity contribution is -0.787. The Morgan fingerprint density at radius 1 is 1.27 bits per heavy atom. The van der Waals surface area contributed by atoms with E-state index in [0.29, 0.717) is 11.8 Å². The van der Waals surface area contributed by atoms with Gasteiger partial charge in [-0.1, -0.05) is 0 Å². The minimum absolute atomic E-state index is 0.0695. The molecule has 5 nitrogen and oxygen atoms in total. The summed E-state index contributed by atoms with van der Waals surface area (Å²) in [5.74, 6) is 1.23. The highest BCUT2D eigenvalue weighted by Gasteiger charge is 2.60. The summed E-state index contributed by atoms with van der Waals surface area (Å²) < 4.78 is 0. The normalized spacial score (nSPS) is 51.8. The Kier molecular flexibility index (Phi) is 1.65. The molecule has 15 heavy (non-hydrogen) atoms. The van der Waals surface area contributed by atoms with E-state index < -0.39 is 10.7 Å². The molecule has 0 saturated heterocycles. The standard InChI is InChI=1S/C10H16N2O3/c11-9-2-7-1-8(3-9)5-10(4-7,6-9)15-12(13)14/h7-8H,1-6,11H2/p+1/t7-,8-,9?,10?/m0/s1. The molecule has 0 aliphatic heterocycles. The second-order valence-electron chi connectivity index (χ2n) is 5.96. The van der Waals surface area contributed by atoms with Crippen LogP contribution in [-0.2, 0) is 4.84 Å². The summed E-state index contributed by atoms with van der Waals surface area (Å²) in [6.45, 7) is 0. The molecule has 4 aliphatic rings. The molecule has 4 saturated carbocycles. The Morgan fingerprint density at radius 3 is 2.33 bits per heavy atom. The summed E-state index contributed by atoms with van der Waals surface area (Å²) in [5, 5.41) is 9.95. The zero-order valence-electron chi connectivity index (χ0n) is 8.78. The van der Waals surface area contributed by atoms with E-state index in [1.807, 2.05) is 0 Å². The number of nitrogens with zero attached hydrogens (tertiary/aromatic N) is 1. The van der Waals surface area contributed by atoms with Gasteiger partial charge < -0.3 is 10.6 Å². The third-order valence-corrected chi connectivity index (χ3v) is 4.40. The van der Waals surface area contributed by atoms with Gasteiger partial charge in [-0.05, 0) is 31.1 Å². The summed E-state index contributed by atoms with van der Waals surface area (Å²) in [7, 11) is 0. The molecule has 0 radical (unpaired) electrons. The van der Waals surface area contributed by atoms with Gasteiger partial charge in [0.2, 0.25) is 0 Å². The van der Waals surface area contributed by atoms with Crippen LogP contribution in [0.3, 0.4) is 0 Å². The van der Waals surface area contributed by atoms with Gasteiger partial charge in [-0.3, -0.25) is 0 Å². The second-order valence-corrected chi connectivity index (χ2v) is 5.96. The van der Waals surface area contributed by atoms with Crippen molar-refractivity contribution >= 4 is 0 Å². The molecule has 0 unspecified atom stereocenters. The van der Waals surface area contributed by atoms with Crippen molar-refractivity contribution < 1.29 is 15.7 Å². The molecule has 0 spiro atoms. The largest absolute Gasteiger partial charge is 0.353 e. The lowest BCUT2D eigenvalue weighted by Crippen LogP contribution is -2.80. The van der Waals surface area contributed by atoms with Gasteiger partial charge >= 0.3 is 0 Å². The minimum Gasteiger partial charge on any atom is -0.353 e. The first-order valence-corrected chi connectivity index (χ1v) is 5.68. The van der Waals surface area contributed by atoms with Crippen LogP contribution in [0.25, 0.3) is 0 Å². The van der Waals surface area contributed by atoms with E-state index in [0.717, 1.165) is 32.1 Å². The molecule has 4 rings (SSSR count). The summed E-state index contributed by atoms with van der Waals surface area (Å²) in [6, 6.07) is 0. The van der Waals surface area contributed by atoms with Crippen molar-refractivity contribution in [2.75, 3.05) is 0 Å². The van der Waals surface area contributed by atoms with Crippen molar-refractivity contribution in [1.29, 1.82) is 0 Å². The van der Waals surface area contributed by atoms with Crippen LogP contribution in [-0.4, -0.2) is 16.2 Å². The predicted molar refractivity (Wildman–Crippen MR) is 51.1 cm³/mol. The third-order valence-electron chi connectivity index (χ3n) is 4.40. The maximum Gasteiger partial charge on any atom is 0.295 e. The maximum absolute atomic E-state index is 10.6. The summed E-state index contributed by atoms with van der Waals surface area (Å²) in [6.07, 6.45) is 6.07. The van der Waals surface area contributed by atoms with E-state index in [1.165, 1.54) is 6.42 Å². The molecule has 0 aromatic carbocycles. The van der Waals surface area contributed by atoms with Gasteiger partial charge in [-0.25, -0.2) is 0 Å². The molecular weight excluding hydrogens is 196 g/mol. The lowest BCUT2D eigenvalue weighted by Gasteiger charge is -2.57. The highest BCUT2D eigenvalue weighted by atomic mass is 17.0. The SMILES string of the molecule is [NH3+]C12C[C@@H]3C[C@@H](C1)CC(O[N+](=O)[O-])(C3)C2. The highest BCUT2D eigenvalue weighted by Crippen LogP contribution is 2.57. The lowest BCUT2D eigenvalue weighted by atomic mass is 9.51. The number of rotatable bonds is 2. The fraction of sp³-hybridized carbons (Fsp3) is 1.00. The molecule has 3 N–H and O–H groups in total. The zero-order chi connectivity index (χ0) is 10.7. The van der Waals surface area contributed by atoms with Crippen LogP contribution in [0.4, 0.5) is 0 Å². The van der Waals surface area contributed by atoms with Crippen molar-refractivity contribution in [1.82, 2.24) is 0 Å². The van der Waals surface area contributed by atoms with Gasteiger partial charge in [0.1, 0.15) is 5.60 Å². The Bertz CT molecular complexity index is 304. The molecule has 4 bridgehead atoms.